The van der Waals surface area contributed by atoms with Gasteiger partial charge in [0.15, 0.2) is 4.77 Å². The number of H-pyrrole nitrogens is 1. The maximum atomic E-state index is 12.7. The highest BCUT2D eigenvalue weighted by Crippen LogP contribution is 2.33. The van der Waals surface area contributed by atoms with Gasteiger partial charge in [-0.2, -0.15) is 5.10 Å². The second-order valence-corrected chi connectivity index (χ2v) is 8.28. The topological polar surface area (TPSA) is 119 Å². The van der Waals surface area contributed by atoms with Crippen molar-refractivity contribution in [3.05, 3.63) is 95.1 Å². The Bertz CT molecular complexity index is 1490. The second-order valence-electron chi connectivity index (χ2n) is 7.10. The van der Waals surface area contributed by atoms with Crippen molar-refractivity contribution in [2.75, 3.05) is 0 Å². The molecule has 0 spiro atoms. The fourth-order valence-electron chi connectivity index (χ4n) is 3.40. The van der Waals surface area contributed by atoms with E-state index >= 15 is 0 Å². The molecule has 0 amide bonds. The number of nitrogens with zero attached hydrogens (tertiary/aromatic N) is 4. The molecule has 4 aromatic rings. The van der Waals surface area contributed by atoms with Gasteiger partial charge in [0.05, 0.1) is 21.9 Å². The monoisotopic (exact) mass is 503 g/mol. The lowest BCUT2D eigenvalue weighted by Crippen LogP contribution is -2.18. The minimum atomic E-state index is -0.572. The Labute approximate surface area is 201 Å². The van der Waals surface area contributed by atoms with Crippen molar-refractivity contribution in [1.82, 2.24) is 19.3 Å². The van der Waals surface area contributed by atoms with Crippen LogP contribution >= 0.6 is 35.4 Å². The first-order chi connectivity index (χ1) is 15.7. The average molecular weight is 504 g/mol. The molecule has 0 unspecified atom stereocenters. The van der Waals surface area contributed by atoms with Crippen LogP contribution in [0, 0.1) is 14.9 Å². The fraction of sp³-hybridized carbons (Fsp3) is 0.0952. The molecule has 0 saturated heterocycles. The predicted octanol–water partition coefficient (Wildman–Crippen LogP) is 4.81. The summed E-state index contributed by atoms with van der Waals surface area (Å²) in [5.74, 6) is -0.347. The summed E-state index contributed by atoms with van der Waals surface area (Å²) < 4.78 is 2.75. The Kier molecular flexibility index (Phi) is 6.07. The molecule has 0 saturated carbocycles. The number of aromatic hydroxyl groups is 1. The number of rotatable bonds is 5. The molecule has 2 aromatic heterocycles. The molecule has 0 bridgehead atoms. The van der Waals surface area contributed by atoms with E-state index in [2.05, 4.69) is 10.1 Å². The maximum absolute atomic E-state index is 12.7. The molecule has 2 N–H and O–H groups in total. The first-order valence-electron chi connectivity index (χ1n) is 9.46. The van der Waals surface area contributed by atoms with Gasteiger partial charge in [-0.15, -0.1) is 0 Å². The van der Waals surface area contributed by atoms with Crippen LogP contribution in [-0.2, 0) is 13.5 Å². The molecule has 168 valence electrons. The van der Waals surface area contributed by atoms with E-state index in [9.17, 15) is 20.0 Å². The second kappa shape index (κ2) is 8.81. The third kappa shape index (κ3) is 4.28. The molecule has 0 atom stereocenters. The molecular weight excluding hydrogens is 489 g/mol. The summed E-state index contributed by atoms with van der Waals surface area (Å²) in [5.41, 5.74) is 1.35. The number of non-ortho nitro benzene ring substituents is 1. The lowest BCUT2D eigenvalue weighted by Gasteiger charge is -2.13. The van der Waals surface area contributed by atoms with Gasteiger partial charge in [-0.05, 0) is 48.6 Å². The van der Waals surface area contributed by atoms with Gasteiger partial charge < -0.3 is 5.11 Å². The van der Waals surface area contributed by atoms with E-state index in [-0.39, 0.29) is 33.5 Å². The quantitative estimate of drug-likeness (QED) is 0.229. The zero-order valence-corrected chi connectivity index (χ0v) is 19.3. The lowest BCUT2D eigenvalue weighted by molar-refractivity contribution is -0.384. The molecule has 2 heterocycles. The SMILES string of the molecule is Cn1nc(-c2ccc([N+](=O)[O-])cc2)c(Cc2c(O)n(-c3ccc(Cl)cc3)c(=S)[nH]c2=O)c1Cl. The highest BCUT2D eigenvalue weighted by atomic mass is 35.5. The Morgan fingerprint density at radius 2 is 1.76 bits per heavy atom. The molecule has 0 fully saturated rings. The highest BCUT2D eigenvalue weighted by Gasteiger charge is 2.22. The summed E-state index contributed by atoms with van der Waals surface area (Å²) in [6.45, 7) is 0. The molecule has 2 aromatic carbocycles. The van der Waals surface area contributed by atoms with Crippen LogP contribution in [0.3, 0.4) is 0 Å². The van der Waals surface area contributed by atoms with E-state index < -0.39 is 10.5 Å². The molecular formula is C21H15Cl2N5O4S. The van der Waals surface area contributed by atoms with E-state index in [4.69, 9.17) is 35.4 Å². The van der Waals surface area contributed by atoms with E-state index in [1.165, 1.54) is 21.4 Å². The van der Waals surface area contributed by atoms with Gasteiger partial charge in [0, 0.05) is 41.8 Å². The molecule has 33 heavy (non-hydrogen) atoms. The van der Waals surface area contributed by atoms with Gasteiger partial charge in [0.1, 0.15) is 5.15 Å². The highest BCUT2D eigenvalue weighted by molar-refractivity contribution is 7.71. The van der Waals surface area contributed by atoms with Gasteiger partial charge in [0.25, 0.3) is 11.2 Å². The Morgan fingerprint density at radius 1 is 1.12 bits per heavy atom. The van der Waals surface area contributed by atoms with Crippen LogP contribution in [0.5, 0.6) is 5.88 Å². The lowest BCUT2D eigenvalue weighted by atomic mass is 10.0. The number of nitro groups is 1. The number of aromatic amines is 1. The summed E-state index contributed by atoms with van der Waals surface area (Å²) in [7, 11) is 1.63. The van der Waals surface area contributed by atoms with Crippen molar-refractivity contribution < 1.29 is 10.0 Å². The third-order valence-electron chi connectivity index (χ3n) is 5.04. The van der Waals surface area contributed by atoms with Gasteiger partial charge >= 0.3 is 0 Å². The van der Waals surface area contributed by atoms with Gasteiger partial charge in [0.2, 0.25) is 5.88 Å². The Morgan fingerprint density at radius 3 is 2.36 bits per heavy atom. The van der Waals surface area contributed by atoms with E-state index in [1.54, 1.807) is 43.4 Å². The van der Waals surface area contributed by atoms with Crippen LogP contribution < -0.4 is 5.56 Å². The number of aromatic nitrogens is 4. The standard InChI is InChI=1S/C21H15Cl2N5O4S/c1-26-18(23)15(17(25-26)11-2-6-14(7-3-11)28(31)32)10-16-19(29)24-21(33)27(20(16)30)13-8-4-12(22)5-9-13/h2-9,30H,10H2,1H3,(H,24,29,33). The van der Waals surface area contributed by atoms with Crippen LogP contribution in [0.1, 0.15) is 11.1 Å². The summed E-state index contributed by atoms with van der Waals surface area (Å²) in [4.78, 5) is 25.8. The average Bonchev–Trinajstić information content (AvgIpc) is 3.06. The third-order valence-corrected chi connectivity index (χ3v) is 6.05. The number of hydrogen-bond donors (Lipinski definition) is 2. The molecule has 12 heteroatoms. The van der Waals surface area contributed by atoms with Crippen molar-refractivity contribution in [3.8, 4) is 22.8 Å². The summed E-state index contributed by atoms with van der Waals surface area (Å²) >= 11 is 17.7. The molecule has 0 aliphatic rings. The number of nitrogens with one attached hydrogen (secondary N) is 1. The van der Waals surface area contributed by atoms with Crippen molar-refractivity contribution in [2.24, 2.45) is 7.05 Å². The van der Waals surface area contributed by atoms with Gasteiger partial charge in [-0.25, -0.2) is 0 Å². The smallest absolute Gasteiger partial charge is 0.269 e. The van der Waals surface area contributed by atoms with Gasteiger partial charge in [-0.1, -0.05) is 23.2 Å². The van der Waals surface area contributed by atoms with Crippen LogP contribution in [-0.4, -0.2) is 29.4 Å². The zero-order chi connectivity index (χ0) is 23.9. The number of halogens is 2. The number of hydrogen-bond acceptors (Lipinski definition) is 6. The maximum Gasteiger partial charge on any atom is 0.269 e. The largest absolute Gasteiger partial charge is 0.494 e. The van der Waals surface area contributed by atoms with Gasteiger partial charge in [-0.3, -0.25) is 29.1 Å². The predicted molar refractivity (Wildman–Crippen MR) is 127 cm³/mol. The van der Waals surface area contributed by atoms with Crippen LogP contribution in [0.2, 0.25) is 10.2 Å². The molecule has 0 aliphatic heterocycles. The van der Waals surface area contributed by atoms with E-state index in [0.717, 1.165) is 0 Å². The first-order valence-corrected chi connectivity index (χ1v) is 10.6. The van der Waals surface area contributed by atoms with Crippen molar-refractivity contribution in [3.63, 3.8) is 0 Å². The van der Waals surface area contributed by atoms with Crippen molar-refractivity contribution in [2.45, 2.75) is 6.42 Å². The van der Waals surface area contributed by atoms with E-state index in [0.29, 0.717) is 27.5 Å². The minimum absolute atomic E-state index is 0.0106. The zero-order valence-electron chi connectivity index (χ0n) is 17.0. The van der Waals surface area contributed by atoms with Crippen LogP contribution in [0.25, 0.3) is 16.9 Å². The summed E-state index contributed by atoms with van der Waals surface area (Å²) in [6, 6.07) is 12.4. The molecule has 9 nitrogen and oxygen atoms in total. The number of benzene rings is 2. The summed E-state index contributed by atoms with van der Waals surface area (Å²) in [6.07, 6.45) is -0.0661. The van der Waals surface area contributed by atoms with E-state index in [1.807, 2.05) is 0 Å². The Balaban J connectivity index is 1.84. The normalized spacial score (nSPS) is 11.0. The number of aryl methyl sites for hydroxylation is 1. The van der Waals surface area contributed by atoms with Crippen LogP contribution in [0.15, 0.2) is 53.3 Å². The minimum Gasteiger partial charge on any atom is -0.494 e. The molecule has 0 aliphatic carbocycles. The molecule has 4 rings (SSSR count). The Hall–Kier alpha value is -3.47. The number of nitro benzene ring substituents is 1. The van der Waals surface area contributed by atoms with Crippen molar-refractivity contribution >= 4 is 41.1 Å². The first kappa shape index (κ1) is 22.7. The fourth-order valence-corrected chi connectivity index (χ4v) is 4.01. The summed E-state index contributed by atoms with van der Waals surface area (Å²) in [5, 5.41) is 27.1. The van der Waals surface area contributed by atoms with Crippen molar-refractivity contribution in [1.29, 1.82) is 0 Å². The molecule has 0 radical (unpaired) electrons. The van der Waals surface area contributed by atoms with Crippen LogP contribution in [0.4, 0.5) is 5.69 Å².